The molecule has 2 aliphatic heterocycles. The summed E-state index contributed by atoms with van der Waals surface area (Å²) in [5.74, 6) is 0.124. The lowest BCUT2D eigenvalue weighted by Crippen LogP contribution is -2.53. The van der Waals surface area contributed by atoms with E-state index in [-0.39, 0.29) is 22.6 Å². The van der Waals surface area contributed by atoms with Gasteiger partial charge in [0.05, 0.1) is 11.2 Å². The topological polar surface area (TPSA) is 93.0 Å². The number of anilines is 1. The molecule has 1 aromatic carbocycles. The van der Waals surface area contributed by atoms with Gasteiger partial charge < -0.3 is 9.64 Å². The Bertz CT molecular complexity index is 777. The van der Waals surface area contributed by atoms with Crippen LogP contribution in [0.1, 0.15) is 31.2 Å². The molecule has 0 unspecified atom stereocenters. The van der Waals surface area contributed by atoms with Crippen LogP contribution >= 0.6 is 0 Å². The fourth-order valence-corrected chi connectivity index (χ4v) is 5.04. The molecule has 144 valence electrons. The summed E-state index contributed by atoms with van der Waals surface area (Å²) in [4.78, 5) is 13.2. The summed E-state index contributed by atoms with van der Waals surface area (Å²) in [5.41, 5.74) is 1.83. The van der Waals surface area contributed by atoms with Crippen molar-refractivity contribution in [1.82, 2.24) is 4.31 Å². The summed E-state index contributed by atoms with van der Waals surface area (Å²) in [6.07, 6.45) is 2.79. The summed E-state index contributed by atoms with van der Waals surface area (Å²) in [6, 6.07) is 5.12. The lowest BCUT2D eigenvalue weighted by atomic mass is 9.90. The van der Waals surface area contributed by atoms with Crippen LogP contribution in [-0.2, 0) is 14.8 Å². The highest BCUT2D eigenvalue weighted by Gasteiger charge is 2.31. The van der Waals surface area contributed by atoms with Crippen molar-refractivity contribution in [3.8, 4) is 0 Å². The molecule has 8 nitrogen and oxygen atoms in total. The molecule has 2 saturated heterocycles. The van der Waals surface area contributed by atoms with Crippen molar-refractivity contribution >= 4 is 21.4 Å². The van der Waals surface area contributed by atoms with Gasteiger partial charge in [-0.25, -0.2) is 8.42 Å². The van der Waals surface area contributed by atoms with Gasteiger partial charge in [-0.1, -0.05) is 0 Å². The third kappa shape index (κ3) is 3.99. The van der Waals surface area contributed by atoms with E-state index < -0.39 is 10.0 Å². The van der Waals surface area contributed by atoms with Crippen LogP contribution in [0.3, 0.4) is 0 Å². The molecule has 0 N–H and O–H groups in total. The normalized spacial score (nSPS) is 23.2. The summed E-state index contributed by atoms with van der Waals surface area (Å²) >= 11 is 0. The molecule has 1 aromatic rings. The molecule has 9 heteroatoms. The number of rotatable bonds is 4. The summed E-state index contributed by atoms with van der Waals surface area (Å²) in [6.45, 7) is 4.69. The van der Waals surface area contributed by atoms with Gasteiger partial charge in [0.1, 0.15) is 0 Å². The van der Waals surface area contributed by atoms with E-state index in [1.54, 1.807) is 12.1 Å². The number of piperazine rings is 1. The van der Waals surface area contributed by atoms with Gasteiger partial charge in [0, 0.05) is 56.2 Å². The monoisotopic (exact) mass is 383 g/mol. The number of hydrogen-bond acceptors (Lipinski definition) is 6. The number of nitro benzene ring substituents is 1. The molecular weight excluding hydrogens is 358 g/mol. The van der Waals surface area contributed by atoms with Crippen LogP contribution in [-0.4, -0.2) is 62.8 Å². The summed E-state index contributed by atoms with van der Waals surface area (Å²) in [5, 5.41) is 11.4. The Morgan fingerprint density at radius 1 is 1.23 bits per heavy atom. The zero-order valence-corrected chi connectivity index (χ0v) is 15.9. The molecule has 0 amide bonds. The van der Waals surface area contributed by atoms with E-state index in [0.29, 0.717) is 32.8 Å². The quantitative estimate of drug-likeness (QED) is 0.583. The highest BCUT2D eigenvalue weighted by atomic mass is 32.2. The van der Waals surface area contributed by atoms with Gasteiger partial charge >= 0.3 is 0 Å². The van der Waals surface area contributed by atoms with Crippen LogP contribution in [0.4, 0.5) is 11.4 Å². The first-order chi connectivity index (χ1) is 12.3. The second-order valence-electron chi connectivity index (χ2n) is 7.06. The van der Waals surface area contributed by atoms with Gasteiger partial charge in [0.2, 0.25) is 10.0 Å². The predicted octanol–water partition coefficient (Wildman–Crippen LogP) is 1.96. The maximum Gasteiger partial charge on any atom is 0.273 e. The second-order valence-corrected chi connectivity index (χ2v) is 8.99. The van der Waals surface area contributed by atoms with Gasteiger partial charge in [-0.05, 0) is 37.8 Å². The number of ether oxygens (including phenoxy) is 1. The first-order valence-corrected chi connectivity index (χ1v) is 10.7. The van der Waals surface area contributed by atoms with Gasteiger partial charge in [-0.3, -0.25) is 10.1 Å². The van der Waals surface area contributed by atoms with Crippen LogP contribution in [0.5, 0.6) is 0 Å². The SMILES string of the molecule is C[C@@H]1CN(c2ccc([N+](=O)[O-])c(C3CCOCC3)c2)CCN1S(C)(=O)=O. The first kappa shape index (κ1) is 19.1. The molecular formula is C17H25N3O5S. The van der Waals surface area contributed by atoms with Crippen LogP contribution in [0.25, 0.3) is 0 Å². The van der Waals surface area contributed by atoms with Gasteiger partial charge in [0.25, 0.3) is 5.69 Å². The average Bonchev–Trinajstić information content (AvgIpc) is 2.60. The van der Waals surface area contributed by atoms with Crippen molar-refractivity contribution in [2.45, 2.75) is 31.7 Å². The summed E-state index contributed by atoms with van der Waals surface area (Å²) in [7, 11) is -3.22. The van der Waals surface area contributed by atoms with E-state index in [1.165, 1.54) is 10.6 Å². The van der Waals surface area contributed by atoms with E-state index in [0.717, 1.165) is 24.1 Å². The van der Waals surface area contributed by atoms with E-state index >= 15 is 0 Å². The van der Waals surface area contributed by atoms with E-state index in [9.17, 15) is 18.5 Å². The highest BCUT2D eigenvalue weighted by molar-refractivity contribution is 7.88. The van der Waals surface area contributed by atoms with Crippen molar-refractivity contribution in [2.24, 2.45) is 0 Å². The van der Waals surface area contributed by atoms with Crippen molar-refractivity contribution in [3.63, 3.8) is 0 Å². The van der Waals surface area contributed by atoms with Crippen LogP contribution in [0, 0.1) is 10.1 Å². The molecule has 0 bridgehead atoms. The minimum atomic E-state index is -3.22. The Balaban J connectivity index is 1.86. The van der Waals surface area contributed by atoms with Gasteiger partial charge in [-0.2, -0.15) is 4.31 Å². The third-order valence-corrected chi connectivity index (χ3v) is 6.62. The maximum absolute atomic E-state index is 11.8. The Kier molecular flexibility index (Phi) is 5.50. The Morgan fingerprint density at radius 3 is 2.50 bits per heavy atom. The zero-order valence-electron chi connectivity index (χ0n) is 15.1. The van der Waals surface area contributed by atoms with Crippen molar-refractivity contribution in [2.75, 3.05) is 44.0 Å². The Morgan fingerprint density at radius 2 is 1.92 bits per heavy atom. The third-order valence-electron chi connectivity index (χ3n) is 5.23. The summed E-state index contributed by atoms with van der Waals surface area (Å²) < 4.78 is 30.6. The van der Waals surface area contributed by atoms with Crippen LogP contribution < -0.4 is 4.90 Å². The standard InChI is InChI=1S/C17H25N3O5S/c1-13-12-18(7-8-19(13)26(2,23)24)15-3-4-17(20(21)22)16(11-15)14-5-9-25-10-6-14/h3-4,11,13-14H,5-10,12H2,1-2H3/t13-/m1/s1. The average molecular weight is 383 g/mol. The largest absolute Gasteiger partial charge is 0.381 e. The second kappa shape index (κ2) is 7.50. The van der Waals surface area contributed by atoms with Crippen molar-refractivity contribution in [1.29, 1.82) is 0 Å². The first-order valence-electron chi connectivity index (χ1n) is 8.85. The zero-order chi connectivity index (χ0) is 18.9. The lowest BCUT2D eigenvalue weighted by molar-refractivity contribution is -0.385. The number of nitrogens with zero attached hydrogens (tertiary/aromatic N) is 3. The smallest absolute Gasteiger partial charge is 0.273 e. The van der Waals surface area contributed by atoms with Crippen molar-refractivity contribution < 1.29 is 18.1 Å². The van der Waals surface area contributed by atoms with Gasteiger partial charge in [-0.15, -0.1) is 0 Å². The fraction of sp³-hybridized carbons (Fsp3) is 0.647. The lowest BCUT2D eigenvalue weighted by Gasteiger charge is -2.39. The number of benzene rings is 1. The van der Waals surface area contributed by atoms with E-state index in [2.05, 4.69) is 4.90 Å². The predicted molar refractivity (Wildman–Crippen MR) is 99.1 cm³/mol. The minimum absolute atomic E-state index is 0.124. The molecule has 1 atom stereocenters. The molecule has 2 heterocycles. The molecule has 0 spiro atoms. The molecule has 0 aromatic heterocycles. The number of nitro groups is 1. The van der Waals surface area contributed by atoms with Gasteiger partial charge in [0.15, 0.2) is 0 Å². The molecule has 0 radical (unpaired) electrons. The Labute approximate surface area is 153 Å². The fourth-order valence-electron chi connectivity index (χ4n) is 3.91. The molecule has 0 saturated carbocycles. The van der Waals surface area contributed by atoms with Crippen LogP contribution in [0.15, 0.2) is 18.2 Å². The van der Waals surface area contributed by atoms with Crippen molar-refractivity contribution in [3.05, 3.63) is 33.9 Å². The molecule has 26 heavy (non-hydrogen) atoms. The Hall–Kier alpha value is -1.71. The maximum atomic E-state index is 11.8. The molecule has 3 rings (SSSR count). The molecule has 0 aliphatic carbocycles. The van der Waals surface area contributed by atoms with Crippen LogP contribution in [0.2, 0.25) is 0 Å². The minimum Gasteiger partial charge on any atom is -0.381 e. The molecule has 2 fully saturated rings. The van der Waals surface area contributed by atoms with E-state index in [1.807, 2.05) is 13.0 Å². The molecule has 2 aliphatic rings. The van der Waals surface area contributed by atoms with E-state index in [4.69, 9.17) is 4.74 Å². The highest BCUT2D eigenvalue weighted by Crippen LogP contribution is 2.36. The number of sulfonamides is 1. The number of hydrogen-bond donors (Lipinski definition) is 0.